The van der Waals surface area contributed by atoms with Crippen molar-refractivity contribution in [3.8, 4) is 23.3 Å². The van der Waals surface area contributed by atoms with E-state index < -0.39 is 17.5 Å². The molecule has 3 aromatic rings. The Kier molecular flexibility index (Phi) is 7.91. The van der Waals surface area contributed by atoms with Crippen molar-refractivity contribution in [2.24, 2.45) is 4.99 Å². The lowest BCUT2D eigenvalue weighted by atomic mass is 9.99. The molecule has 0 bridgehead atoms. The van der Waals surface area contributed by atoms with Crippen LogP contribution in [0.4, 0.5) is 10.6 Å². The highest BCUT2D eigenvalue weighted by Gasteiger charge is 2.48. The first-order chi connectivity index (χ1) is 21.8. The van der Waals surface area contributed by atoms with Crippen molar-refractivity contribution in [3.63, 3.8) is 0 Å². The molecule has 3 aliphatic heterocycles. The average Bonchev–Trinajstić information content (AvgIpc) is 3.53. The van der Waals surface area contributed by atoms with E-state index in [1.54, 1.807) is 56.1 Å². The van der Waals surface area contributed by atoms with Gasteiger partial charge in [0, 0.05) is 69.5 Å². The van der Waals surface area contributed by atoms with Crippen LogP contribution >= 0.6 is 0 Å². The standard InChI is InChI=1S/C31H31N9O5/c1-32-27(39-12-10-38(11-13-39)26-17-33-8-9-34-26)21-14-25(45-3)24(35-16-21)6-7-31(29(42)36-30(43)37-31)19-40-18-20-4-5-22(44-2)15-23(20)28(40)41/h4-5,8-9,14-17H,10-13,18-19H2,1-3H3,(H2,36,37,42,43)/t31-/m1/s1. The number of rotatable bonds is 6. The molecule has 0 radical (unpaired) electrons. The molecule has 0 aliphatic carbocycles. The third-order valence-corrected chi connectivity index (χ3v) is 7.96. The number of aliphatic imine (C=N–C) groups is 1. The van der Waals surface area contributed by atoms with E-state index in [2.05, 4.69) is 52.2 Å². The Morgan fingerprint density at radius 1 is 1.04 bits per heavy atom. The van der Waals surface area contributed by atoms with Gasteiger partial charge in [0.15, 0.2) is 11.4 Å². The van der Waals surface area contributed by atoms with Gasteiger partial charge in [-0.2, -0.15) is 0 Å². The van der Waals surface area contributed by atoms with Crippen molar-refractivity contribution >= 4 is 29.5 Å². The van der Waals surface area contributed by atoms with Crippen LogP contribution in [0, 0.1) is 11.8 Å². The Balaban J connectivity index is 1.22. The second-order valence-corrected chi connectivity index (χ2v) is 10.6. The van der Waals surface area contributed by atoms with Crippen molar-refractivity contribution in [2.75, 3.05) is 58.9 Å². The Morgan fingerprint density at radius 3 is 2.53 bits per heavy atom. The number of fused-ring (bicyclic) bond motifs is 1. The predicted octanol–water partition coefficient (Wildman–Crippen LogP) is 0.673. The molecule has 2 fully saturated rings. The highest BCUT2D eigenvalue weighted by Crippen LogP contribution is 2.29. The molecular formula is C31H31N9O5. The molecule has 0 spiro atoms. The summed E-state index contributed by atoms with van der Waals surface area (Å²) in [5.74, 6) is 7.38. The second-order valence-electron chi connectivity index (χ2n) is 10.6. The first kappa shape index (κ1) is 29.4. The molecular weight excluding hydrogens is 578 g/mol. The fourth-order valence-corrected chi connectivity index (χ4v) is 5.65. The van der Waals surface area contributed by atoms with Crippen LogP contribution in [-0.4, -0.2) is 108 Å². The SMILES string of the molecule is CN=C(c1cnc(C#C[C@]2(CN3Cc4ccc(OC)cc4C3=O)NC(=O)NC2=O)c(OC)c1)N1CCN(c2cnccn2)CC1. The van der Waals surface area contributed by atoms with Gasteiger partial charge in [0.2, 0.25) is 5.54 Å². The summed E-state index contributed by atoms with van der Waals surface area (Å²) < 4.78 is 10.9. The van der Waals surface area contributed by atoms with Crippen LogP contribution in [-0.2, 0) is 11.3 Å². The molecule has 5 heterocycles. The number of carbonyl (C=O) groups excluding carboxylic acids is 3. The molecule has 6 rings (SSSR count). The second kappa shape index (κ2) is 12.1. The number of nitrogens with one attached hydrogen (secondary N) is 2. The molecule has 14 nitrogen and oxygen atoms in total. The summed E-state index contributed by atoms with van der Waals surface area (Å²) in [4.78, 5) is 62.0. The van der Waals surface area contributed by atoms with Gasteiger partial charge in [-0.3, -0.25) is 24.9 Å². The molecule has 2 aromatic heterocycles. The number of nitrogens with zero attached hydrogens (tertiary/aromatic N) is 7. The van der Waals surface area contributed by atoms with Gasteiger partial charge in [0.05, 0.1) is 27.0 Å². The van der Waals surface area contributed by atoms with Crippen LogP contribution in [0.25, 0.3) is 0 Å². The van der Waals surface area contributed by atoms with E-state index in [1.165, 1.54) is 19.1 Å². The molecule has 45 heavy (non-hydrogen) atoms. The largest absolute Gasteiger partial charge is 0.497 e. The monoisotopic (exact) mass is 609 g/mol. The number of benzene rings is 1. The Hall–Kier alpha value is -5.71. The molecule has 1 aromatic carbocycles. The number of ether oxygens (including phenoxy) is 2. The number of amides is 4. The van der Waals surface area contributed by atoms with Gasteiger partial charge < -0.3 is 29.5 Å². The van der Waals surface area contributed by atoms with E-state index in [-0.39, 0.29) is 24.7 Å². The fourth-order valence-electron chi connectivity index (χ4n) is 5.65. The Labute approximate surface area is 259 Å². The van der Waals surface area contributed by atoms with E-state index in [9.17, 15) is 14.4 Å². The van der Waals surface area contributed by atoms with E-state index in [4.69, 9.17) is 9.47 Å². The number of carbonyl (C=O) groups is 3. The summed E-state index contributed by atoms with van der Waals surface area (Å²) >= 11 is 0. The minimum atomic E-state index is -1.69. The lowest BCUT2D eigenvalue weighted by Gasteiger charge is -2.37. The number of amidine groups is 1. The molecule has 1 atom stereocenters. The smallest absolute Gasteiger partial charge is 0.323 e. The summed E-state index contributed by atoms with van der Waals surface area (Å²) in [6.07, 6.45) is 6.74. The number of urea groups is 1. The van der Waals surface area contributed by atoms with Crippen molar-refractivity contribution in [1.29, 1.82) is 0 Å². The normalized spacial score (nSPS) is 19.5. The summed E-state index contributed by atoms with van der Waals surface area (Å²) in [6.45, 7) is 3.03. The molecule has 0 saturated carbocycles. The number of aromatic nitrogens is 3. The Morgan fingerprint density at radius 2 is 1.87 bits per heavy atom. The summed E-state index contributed by atoms with van der Waals surface area (Å²) in [6, 6.07) is 6.33. The van der Waals surface area contributed by atoms with Crippen molar-refractivity contribution in [3.05, 3.63) is 71.4 Å². The number of hydrogen-bond donors (Lipinski definition) is 2. The lowest BCUT2D eigenvalue weighted by molar-refractivity contribution is -0.122. The number of piperazine rings is 1. The number of imide groups is 1. The Bertz CT molecular complexity index is 1750. The van der Waals surface area contributed by atoms with Gasteiger partial charge in [-0.05, 0) is 29.7 Å². The van der Waals surface area contributed by atoms with Crippen molar-refractivity contribution < 1.29 is 23.9 Å². The van der Waals surface area contributed by atoms with Crippen LogP contribution in [0.3, 0.4) is 0 Å². The molecule has 4 amide bonds. The zero-order chi connectivity index (χ0) is 31.6. The summed E-state index contributed by atoms with van der Waals surface area (Å²) in [5, 5.41) is 4.87. The maximum Gasteiger partial charge on any atom is 0.323 e. The van der Waals surface area contributed by atoms with Crippen LogP contribution in [0.1, 0.15) is 27.2 Å². The third-order valence-electron chi connectivity index (χ3n) is 7.96. The van der Waals surface area contributed by atoms with Crippen molar-refractivity contribution in [1.82, 2.24) is 35.4 Å². The maximum absolute atomic E-state index is 13.2. The van der Waals surface area contributed by atoms with Crippen LogP contribution < -0.4 is 25.0 Å². The summed E-state index contributed by atoms with van der Waals surface area (Å²) in [7, 11) is 4.75. The predicted molar refractivity (Wildman–Crippen MR) is 163 cm³/mol. The van der Waals surface area contributed by atoms with Gasteiger partial charge in [0.25, 0.3) is 11.8 Å². The van der Waals surface area contributed by atoms with Gasteiger partial charge in [-0.1, -0.05) is 12.0 Å². The fraction of sp³-hybridized carbons (Fsp3) is 0.323. The summed E-state index contributed by atoms with van der Waals surface area (Å²) in [5.41, 5.74) is 0.577. The first-order valence-corrected chi connectivity index (χ1v) is 14.2. The highest BCUT2D eigenvalue weighted by atomic mass is 16.5. The molecule has 2 saturated heterocycles. The average molecular weight is 610 g/mol. The van der Waals surface area contributed by atoms with Gasteiger partial charge in [-0.25, -0.2) is 14.8 Å². The molecule has 230 valence electrons. The molecule has 3 aliphatic rings. The number of hydrogen-bond acceptors (Lipinski definition) is 10. The lowest BCUT2D eigenvalue weighted by Crippen LogP contribution is -2.54. The van der Waals surface area contributed by atoms with Gasteiger partial charge in [0.1, 0.15) is 17.4 Å². The third kappa shape index (κ3) is 5.67. The quantitative estimate of drug-likeness (QED) is 0.176. The van der Waals surface area contributed by atoms with E-state index in [1.807, 2.05) is 0 Å². The van der Waals surface area contributed by atoms with E-state index >= 15 is 0 Å². The number of anilines is 1. The number of methoxy groups -OCH3 is 2. The van der Waals surface area contributed by atoms with Crippen LogP contribution in [0.2, 0.25) is 0 Å². The minimum absolute atomic E-state index is 0.166. The van der Waals surface area contributed by atoms with Crippen LogP contribution in [0.5, 0.6) is 11.5 Å². The molecule has 2 N–H and O–H groups in total. The molecule has 14 heteroatoms. The maximum atomic E-state index is 13.2. The first-order valence-electron chi connectivity index (χ1n) is 14.2. The van der Waals surface area contributed by atoms with Crippen LogP contribution in [0.15, 0.2) is 54.0 Å². The zero-order valence-corrected chi connectivity index (χ0v) is 25.0. The zero-order valence-electron chi connectivity index (χ0n) is 25.0. The van der Waals surface area contributed by atoms with E-state index in [0.29, 0.717) is 17.1 Å². The van der Waals surface area contributed by atoms with E-state index in [0.717, 1.165) is 49.0 Å². The molecule has 0 unspecified atom stereocenters. The number of pyridine rings is 1. The van der Waals surface area contributed by atoms with Gasteiger partial charge >= 0.3 is 6.03 Å². The highest BCUT2D eigenvalue weighted by molar-refractivity contribution is 6.10. The minimum Gasteiger partial charge on any atom is -0.497 e. The van der Waals surface area contributed by atoms with Gasteiger partial charge in [-0.15, -0.1) is 0 Å². The van der Waals surface area contributed by atoms with Crippen molar-refractivity contribution in [2.45, 2.75) is 12.1 Å². The topological polar surface area (TPSA) is 154 Å².